The molecule has 0 aliphatic rings. The zero-order valence-corrected chi connectivity index (χ0v) is 26.7. The smallest absolute Gasteiger partial charge is 0.326 e. The minimum absolute atomic E-state index is 0.0426. The lowest BCUT2D eigenvalue weighted by atomic mass is 9.99. The summed E-state index contributed by atoms with van der Waals surface area (Å²) in [7, 11) is 0. The van der Waals surface area contributed by atoms with Gasteiger partial charge in [0.05, 0.1) is 12.5 Å². The van der Waals surface area contributed by atoms with Crippen molar-refractivity contribution in [2.75, 3.05) is 0 Å². The summed E-state index contributed by atoms with van der Waals surface area (Å²) in [5.74, 6) is -8.17. The number of hydrogen-bond donors (Lipinski definition) is 9. The number of carbonyl (C=O) groups excluding carboxylic acids is 4. The van der Waals surface area contributed by atoms with E-state index < -0.39 is 84.1 Å². The number of aromatic amines is 1. The van der Waals surface area contributed by atoms with Gasteiger partial charge in [-0.1, -0.05) is 45.9 Å². The van der Waals surface area contributed by atoms with E-state index in [9.17, 15) is 43.8 Å². The Morgan fingerprint density at radius 1 is 0.766 bits per heavy atom. The Balaban J connectivity index is 2.35. The molecule has 0 aliphatic heterocycles. The van der Waals surface area contributed by atoms with E-state index in [1.54, 1.807) is 40.0 Å². The summed E-state index contributed by atoms with van der Waals surface area (Å²) < 4.78 is 0. The number of aliphatic carboxylic acids is 3. The van der Waals surface area contributed by atoms with Crippen molar-refractivity contribution in [3.8, 4) is 0 Å². The first kappa shape index (κ1) is 38.2. The van der Waals surface area contributed by atoms with Crippen molar-refractivity contribution in [3.63, 3.8) is 0 Å². The van der Waals surface area contributed by atoms with E-state index in [0.717, 1.165) is 10.9 Å². The van der Waals surface area contributed by atoms with Crippen LogP contribution in [0.15, 0.2) is 30.5 Å². The largest absolute Gasteiger partial charge is 0.481 e. The van der Waals surface area contributed by atoms with Gasteiger partial charge in [0.25, 0.3) is 0 Å². The van der Waals surface area contributed by atoms with Gasteiger partial charge >= 0.3 is 17.9 Å². The number of carboxylic acid groups (broad SMARTS) is 3. The van der Waals surface area contributed by atoms with Crippen LogP contribution in [-0.4, -0.2) is 92.0 Å². The van der Waals surface area contributed by atoms with Crippen LogP contribution in [-0.2, 0) is 40.0 Å². The molecule has 16 heteroatoms. The van der Waals surface area contributed by atoms with Gasteiger partial charge in [-0.2, -0.15) is 0 Å². The molecule has 5 atom stereocenters. The second kappa shape index (κ2) is 17.6. The average Bonchev–Trinajstić information content (AvgIpc) is 3.39. The number of H-pyrrole nitrogens is 1. The first-order chi connectivity index (χ1) is 22.0. The maximum absolute atomic E-state index is 13.7. The fourth-order valence-corrected chi connectivity index (χ4v) is 4.82. The highest BCUT2D eigenvalue weighted by Gasteiger charge is 2.34. The van der Waals surface area contributed by atoms with Gasteiger partial charge < -0.3 is 47.3 Å². The van der Waals surface area contributed by atoms with Gasteiger partial charge in [0, 0.05) is 29.9 Å². The number of fused-ring (bicyclic) bond motifs is 1. The molecule has 1 aromatic carbocycles. The number of para-hydroxylation sites is 1. The Kier molecular flexibility index (Phi) is 14.3. The Morgan fingerprint density at radius 3 is 1.91 bits per heavy atom. The van der Waals surface area contributed by atoms with Crippen LogP contribution >= 0.6 is 0 Å². The third-order valence-corrected chi connectivity index (χ3v) is 7.32. The molecule has 1 heterocycles. The Hall–Kier alpha value is -4.99. The molecule has 2 rings (SSSR count). The average molecular weight is 661 g/mol. The Labute approximate surface area is 271 Å². The van der Waals surface area contributed by atoms with Gasteiger partial charge in [0.1, 0.15) is 24.2 Å². The van der Waals surface area contributed by atoms with Crippen LogP contribution in [0, 0.1) is 11.8 Å². The number of amides is 4. The normalized spacial score (nSPS) is 14.4. The number of nitrogens with one attached hydrogen (secondary N) is 5. The summed E-state index contributed by atoms with van der Waals surface area (Å²) in [5, 5.41) is 38.3. The molecule has 0 bridgehead atoms. The van der Waals surface area contributed by atoms with E-state index in [1.165, 1.54) is 0 Å². The summed E-state index contributed by atoms with van der Waals surface area (Å²) in [6, 6.07) is 0.410. The van der Waals surface area contributed by atoms with Gasteiger partial charge in [-0.15, -0.1) is 0 Å². The molecule has 47 heavy (non-hydrogen) atoms. The Bertz CT molecular complexity index is 1460. The molecule has 0 saturated heterocycles. The van der Waals surface area contributed by atoms with Crippen LogP contribution in [0.25, 0.3) is 10.9 Å². The number of rotatable bonds is 19. The molecule has 4 amide bonds. The molecule has 0 spiro atoms. The summed E-state index contributed by atoms with van der Waals surface area (Å²) in [6.45, 7) is 6.62. The van der Waals surface area contributed by atoms with Crippen molar-refractivity contribution >= 4 is 52.4 Å². The molecule has 2 aromatic rings. The fraction of sp³-hybridized carbons (Fsp3) is 0.516. The van der Waals surface area contributed by atoms with Crippen molar-refractivity contribution in [1.82, 2.24) is 26.3 Å². The number of carbonyl (C=O) groups is 7. The lowest BCUT2D eigenvalue weighted by molar-refractivity contribution is -0.144. The van der Waals surface area contributed by atoms with Crippen LogP contribution in [0.4, 0.5) is 0 Å². The molecule has 1 aromatic heterocycles. The van der Waals surface area contributed by atoms with Crippen LogP contribution < -0.4 is 27.0 Å². The van der Waals surface area contributed by atoms with Crippen molar-refractivity contribution in [2.24, 2.45) is 17.6 Å². The second-order valence-corrected chi connectivity index (χ2v) is 12.1. The van der Waals surface area contributed by atoms with Gasteiger partial charge in [0.15, 0.2) is 0 Å². The van der Waals surface area contributed by atoms with E-state index in [-0.39, 0.29) is 31.6 Å². The molecule has 0 radical (unpaired) electrons. The number of aromatic nitrogens is 1. The standard InChI is InChI=1S/C31H44N6O10/c1-15(2)11-21(28(43)36-23(13-25(40)41)30(45)37-26(16(3)4)31(46)47)35-29(44)22(34-27(42)19(32)9-10-24(38)39)12-17-14-33-20-8-6-5-7-18(17)20/h5-8,14-16,19,21-23,26,33H,9-13,32H2,1-4H3,(H,34,42)(H,35,44)(H,36,43)(H,37,45)(H,38,39)(H,40,41)(H,46,47). The highest BCUT2D eigenvalue weighted by molar-refractivity contribution is 5.97. The lowest BCUT2D eigenvalue weighted by Gasteiger charge is -2.27. The third kappa shape index (κ3) is 12.0. The quantitative estimate of drug-likeness (QED) is 0.0975. The fourth-order valence-electron chi connectivity index (χ4n) is 4.82. The van der Waals surface area contributed by atoms with Crippen LogP contribution in [0.5, 0.6) is 0 Å². The number of benzene rings is 1. The first-order valence-electron chi connectivity index (χ1n) is 15.2. The van der Waals surface area contributed by atoms with Crippen molar-refractivity contribution < 1.29 is 48.9 Å². The molecule has 0 aliphatic carbocycles. The summed E-state index contributed by atoms with van der Waals surface area (Å²) in [4.78, 5) is 90.3. The summed E-state index contributed by atoms with van der Waals surface area (Å²) in [5.41, 5.74) is 7.31. The SMILES string of the molecule is CC(C)CC(NC(=O)C(Cc1c[nH]c2ccccc12)NC(=O)C(N)CCC(=O)O)C(=O)NC(CC(=O)O)C(=O)NC(C(=O)O)C(C)C. The monoisotopic (exact) mass is 660 g/mol. The molecular weight excluding hydrogens is 616 g/mol. The number of carboxylic acids is 3. The molecule has 10 N–H and O–H groups in total. The van der Waals surface area contributed by atoms with E-state index in [1.807, 2.05) is 18.2 Å². The molecule has 5 unspecified atom stereocenters. The summed E-state index contributed by atoms with van der Waals surface area (Å²) >= 11 is 0. The van der Waals surface area contributed by atoms with E-state index in [0.29, 0.717) is 5.56 Å². The zero-order valence-electron chi connectivity index (χ0n) is 26.7. The molecule has 16 nitrogen and oxygen atoms in total. The highest BCUT2D eigenvalue weighted by atomic mass is 16.4. The molecular formula is C31H44N6O10. The maximum atomic E-state index is 13.7. The van der Waals surface area contributed by atoms with Crippen LogP contribution in [0.3, 0.4) is 0 Å². The predicted octanol–water partition coefficient (Wildman–Crippen LogP) is 0.103. The van der Waals surface area contributed by atoms with Crippen molar-refractivity contribution in [1.29, 1.82) is 0 Å². The van der Waals surface area contributed by atoms with E-state index in [2.05, 4.69) is 26.3 Å². The summed E-state index contributed by atoms with van der Waals surface area (Å²) in [6.07, 6.45) is 0.246. The van der Waals surface area contributed by atoms with Crippen LogP contribution in [0.1, 0.15) is 58.9 Å². The number of hydrogen-bond acceptors (Lipinski definition) is 8. The zero-order chi connectivity index (χ0) is 35.4. The lowest BCUT2D eigenvalue weighted by Crippen LogP contribution is -2.59. The highest BCUT2D eigenvalue weighted by Crippen LogP contribution is 2.19. The second-order valence-electron chi connectivity index (χ2n) is 12.1. The number of nitrogens with two attached hydrogens (primary N) is 1. The predicted molar refractivity (Wildman–Crippen MR) is 169 cm³/mol. The van der Waals surface area contributed by atoms with Gasteiger partial charge in [-0.25, -0.2) is 4.79 Å². The topological polar surface area (TPSA) is 270 Å². The van der Waals surface area contributed by atoms with Crippen molar-refractivity contribution in [2.45, 2.75) is 90.0 Å². The molecule has 258 valence electrons. The minimum Gasteiger partial charge on any atom is -0.481 e. The van der Waals surface area contributed by atoms with Gasteiger partial charge in [0.2, 0.25) is 23.6 Å². The third-order valence-electron chi connectivity index (χ3n) is 7.32. The Morgan fingerprint density at radius 2 is 1.34 bits per heavy atom. The minimum atomic E-state index is -1.67. The van der Waals surface area contributed by atoms with Crippen LogP contribution in [0.2, 0.25) is 0 Å². The van der Waals surface area contributed by atoms with E-state index >= 15 is 0 Å². The molecule has 0 fully saturated rings. The first-order valence-corrected chi connectivity index (χ1v) is 15.2. The van der Waals surface area contributed by atoms with Gasteiger partial charge in [-0.05, 0) is 36.3 Å². The van der Waals surface area contributed by atoms with E-state index in [4.69, 9.17) is 10.8 Å². The van der Waals surface area contributed by atoms with Crippen molar-refractivity contribution in [3.05, 3.63) is 36.0 Å². The van der Waals surface area contributed by atoms with Gasteiger partial charge in [-0.3, -0.25) is 28.8 Å². The maximum Gasteiger partial charge on any atom is 0.326 e. The molecule has 0 saturated carbocycles.